The van der Waals surface area contributed by atoms with Crippen LogP contribution in [0.2, 0.25) is 6.04 Å². The van der Waals surface area contributed by atoms with Crippen molar-refractivity contribution in [2.24, 2.45) is 0 Å². The van der Waals surface area contributed by atoms with E-state index in [0.29, 0.717) is 9.52 Å². The molecule has 28 heavy (non-hydrogen) atoms. The number of benzene rings is 3. The standard InChI is InChI=1S/C23H22Cl2OSi2/c1-17-10-8-9-15-21(17)27-23-22(25)20(24)16-28(26-23,18-11-4-2-5-12-18)19-13-6-3-7-14-19/h2-15,20,22-23H,16H2,1H3. The molecule has 0 saturated carbocycles. The van der Waals surface area contributed by atoms with E-state index in [1.807, 2.05) is 0 Å². The molecular weight excluding hydrogens is 419 g/mol. The lowest BCUT2D eigenvalue weighted by molar-refractivity contribution is 0.247. The Hall–Kier alpha value is -1.37. The fraction of sp³-hybridized carbons (Fsp3) is 0.217. The highest BCUT2D eigenvalue weighted by atomic mass is 35.5. The third-order valence-corrected chi connectivity index (χ3v) is 13.0. The summed E-state index contributed by atoms with van der Waals surface area (Å²) >= 11 is 13.7. The first-order valence-corrected chi connectivity index (χ1v) is 13.6. The van der Waals surface area contributed by atoms with E-state index in [0.717, 1.165) is 6.04 Å². The van der Waals surface area contributed by atoms with Gasteiger partial charge in [-0.15, -0.1) is 23.2 Å². The summed E-state index contributed by atoms with van der Waals surface area (Å²) < 4.78 is 7.02. The topological polar surface area (TPSA) is 9.23 Å². The second-order valence-electron chi connectivity index (χ2n) is 7.22. The lowest BCUT2D eigenvalue weighted by atomic mass is 10.2. The van der Waals surface area contributed by atoms with Crippen LogP contribution in [0.3, 0.4) is 0 Å². The van der Waals surface area contributed by atoms with Gasteiger partial charge < -0.3 is 4.43 Å². The van der Waals surface area contributed by atoms with Crippen molar-refractivity contribution < 1.29 is 4.43 Å². The maximum atomic E-state index is 7.02. The molecule has 1 aliphatic rings. The lowest BCUT2D eigenvalue weighted by Gasteiger charge is -2.44. The van der Waals surface area contributed by atoms with E-state index in [1.165, 1.54) is 21.1 Å². The highest BCUT2D eigenvalue weighted by molar-refractivity contribution is 6.98. The molecule has 3 atom stereocenters. The van der Waals surface area contributed by atoms with Crippen LogP contribution in [-0.2, 0) is 4.43 Å². The summed E-state index contributed by atoms with van der Waals surface area (Å²) in [6, 6.07) is 30.5. The van der Waals surface area contributed by atoms with Gasteiger partial charge in [0, 0.05) is 0 Å². The van der Waals surface area contributed by atoms with Crippen LogP contribution in [0, 0.1) is 6.92 Å². The zero-order valence-electron chi connectivity index (χ0n) is 15.7. The fourth-order valence-corrected chi connectivity index (χ4v) is 11.4. The van der Waals surface area contributed by atoms with Crippen molar-refractivity contribution in [1.82, 2.24) is 0 Å². The SMILES string of the molecule is Cc1ccccc1[Si]C1O[Si](c2ccccc2)(c2ccccc2)CC(Cl)C1Cl. The molecule has 4 rings (SSSR count). The van der Waals surface area contributed by atoms with Crippen LogP contribution < -0.4 is 15.6 Å². The average molecular weight is 442 g/mol. The molecule has 1 nitrogen and oxygen atoms in total. The summed E-state index contributed by atoms with van der Waals surface area (Å²) in [4.78, 5) is 0. The minimum absolute atomic E-state index is 0.0916. The Morgan fingerprint density at radius 1 is 0.821 bits per heavy atom. The molecule has 3 aromatic rings. The van der Waals surface area contributed by atoms with E-state index < -0.39 is 8.32 Å². The predicted octanol–water partition coefficient (Wildman–Crippen LogP) is 3.66. The van der Waals surface area contributed by atoms with Gasteiger partial charge in [0.05, 0.1) is 16.5 Å². The van der Waals surface area contributed by atoms with Crippen molar-refractivity contribution in [1.29, 1.82) is 0 Å². The largest absolute Gasteiger partial charge is 0.407 e. The molecule has 0 bridgehead atoms. The molecule has 1 heterocycles. The Kier molecular flexibility index (Phi) is 6.09. The van der Waals surface area contributed by atoms with Crippen LogP contribution >= 0.6 is 23.2 Å². The second-order valence-corrected chi connectivity index (χ2v) is 13.1. The Balaban J connectivity index is 1.77. The van der Waals surface area contributed by atoms with Crippen molar-refractivity contribution >= 4 is 56.6 Å². The molecule has 1 fully saturated rings. The molecule has 2 radical (unpaired) electrons. The maximum Gasteiger partial charge on any atom is 0.257 e. The number of halogens is 2. The van der Waals surface area contributed by atoms with Crippen LogP contribution in [0.4, 0.5) is 0 Å². The van der Waals surface area contributed by atoms with E-state index in [-0.39, 0.29) is 16.5 Å². The van der Waals surface area contributed by atoms with Crippen LogP contribution in [0.25, 0.3) is 0 Å². The molecule has 1 aliphatic heterocycles. The van der Waals surface area contributed by atoms with Gasteiger partial charge >= 0.3 is 0 Å². The summed E-state index contributed by atoms with van der Waals surface area (Å²) in [5, 5.41) is 3.50. The molecule has 0 aliphatic carbocycles. The van der Waals surface area contributed by atoms with Crippen molar-refractivity contribution in [3.8, 4) is 0 Å². The lowest BCUT2D eigenvalue weighted by Crippen LogP contribution is -2.69. The van der Waals surface area contributed by atoms with Crippen molar-refractivity contribution in [3.63, 3.8) is 0 Å². The number of hydrogen-bond donors (Lipinski definition) is 0. The minimum Gasteiger partial charge on any atom is -0.407 e. The third-order valence-electron chi connectivity index (χ3n) is 5.37. The normalized spacial score (nSPS) is 24.0. The van der Waals surface area contributed by atoms with Crippen molar-refractivity contribution in [2.75, 3.05) is 0 Å². The third kappa shape index (κ3) is 3.87. The summed E-state index contributed by atoms with van der Waals surface area (Å²) in [7, 11) is -2.01. The molecule has 0 amide bonds. The summed E-state index contributed by atoms with van der Waals surface area (Å²) in [5.74, 6) is 0. The maximum absolute atomic E-state index is 7.02. The Labute approximate surface area is 180 Å². The molecular formula is C23H22Cl2OSi2. The molecule has 3 unspecified atom stereocenters. The van der Waals surface area contributed by atoms with Gasteiger partial charge in [0.1, 0.15) is 9.52 Å². The number of hydrogen-bond acceptors (Lipinski definition) is 1. The van der Waals surface area contributed by atoms with Crippen LogP contribution in [0.15, 0.2) is 84.9 Å². The van der Waals surface area contributed by atoms with Crippen molar-refractivity contribution in [2.45, 2.75) is 29.4 Å². The van der Waals surface area contributed by atoms with Crippen LogP contribution in [0.1, 0.15) is 5.56 Å². The Morgan fingerprint density at radius 2 is 1.36 bits per heavy atom. The van der Waals surface area contributed by atoms with Gasteiger partial charge in [0.25, 0.3) is 8.32 Å². The Morgan fingerprint density at radius 3 is 1.93 bits per heavy atom. The highest BCUT2D eigenvalue weighted by Gasteiger charge is 2.50. The molecule has 142 valence electrons. The first kappa shape index (κ1) is 19.9. The number of alkyl halides is 2. The molecule has 3 aromatic carbocycles. The molecule has 1 saturated heterocycles. The molecule has 0 spiro atoms. The highest BCUT2D eigenvalue weighted by Crippen LogP contribution is 2.33. The Bertz CT molecular complexity index is 881. The van der Waals surface area contributed by atoms with Gasteiger partial charge in [-0.05, 0) is 23.3 Å². The first-order chi connectivity index (χ1) is 13.6. The zero-order chi connectivity index (χ0) is 19.6. The number of rotatable bonds is 4. The fourth-order valence-electron chi connectivity index (χ4n) is 3.86. The minimum atomic E-state index is -2.48. The van der Waals surface area contributed by atoms with Crippen LogP contribution in [0.5, 0.6) is 0 Å². The monoisotopic (exact) mass is 440 g/mol. The molecule has 5 heteroatoms. The summed E-state index contributed by atoms with van der Waals surface area (Å²) in [5.41, 5.74) is 1.18. The van der Waals surface area contributed by atoms with Gasteiger partial charge in [-0.2, -0.15) is 0 Å². The predicted molar refractivity (Wildman–Crippen MR) is 123 cm³/mol. The van der Waals surface area contributed by atoms with Gasteiger partial charge in [-0.1, -0.05) is 95.7 Å². The molecule has 0 aromatic heterocycles. The van der Waals surface area contributed by atoms with E-state index in [9.17, 15) is 0 Å². The van der Waals surface area contributed by atoms with Gasteiger partial charge in [0.15, 0.2) is 0 Å². The van der Waals surface area contributed by atoms with E-state index >= 15 is 0 Å². The second kappa shape index (κ2) is 8.56. The zero-order valence-corrected chi connectivity index (χ0v) is 19.2. The van der Waals surface area contributed by atoms with Gasteiger partial charge in [-0.3, -0.25) is 0 Å². The van der Waals surface area contributed by atoms with E-state index in [2.05, 4.69) is 91.9 Å². The van der Waals surface area contributed by atoms with Crippen LogP contribution in [-0.4, -0.2) is 34.3 Å². The molecule has 0 N–H and O–H groups in total. The van der Waals surface area contributed by atoms with E-state index in [1.54, 1.807) is 0 Å². The summed E-state index contributed by atoms with van der Waals surface area (Å²) in [6.45, 7) is 2.14. The van der Waals surface area contributed by atoms with Gasteiger partial charge in [0.2, 0.25) is 0 Å². The summed E-state index contributed by atoms with van der Waals surface area (Å²) in [6.07, 6.45) is 0. The smallest absolute Gasteiger partial charge is 0.257 e. The average Bonchev–Trinajstić information content (AvgIpc) is 2.74. The first-order valence-electron chi connectivity index (χ1n) is 9.49. The van der Waals surface area contributed by atoms with Gasteiger partial charge in [-0.25, -0.2) is 0 Å². The van der Waals surface area contributed by atoms with Crippen molar-refractivity contribution in [3.05, 3.63) is 90.5 Å². The van der Waals surface area contributed by atoms with E-state index in [4.69, 9.17) is 27.6 Å². The quantitative estimate of drug-likeness (QED) is 0.444. The number of aryl methyl sites for hydroxylation is 1.